The summed E-state index contributed by atoms with van der Waals surface area (Å²) in [7, 11) is 0. The molecule has 1 aromatic heterocycles. The predicted molar refractivity (Wildman–Crippen MR) is 42.7 cm³/mol. The third-order valence-corrected chi connectivity index (χ3v) is 1.76. The van der Waals surface area contributed by atoms with Gasteiger partial charge >= 0.3 is 6.61 Å². The zero-order chi connectivity index (χ0) is 8.97. The van der Waals surface area contributed by atoms with Gasteiger partial charge in [0.15, 0.2) is 0 Å². The second-order valence-electron chi connectivity index (χ2n) is 1.90. The monoisotopic (exact) mass is 191 g/mol. The maximum atomic E-state index is 11.7. The van der Waals surface area contributed by atoms with Gasteiger partial charge in [0.05, 0.1) is 5.03 Å². The zero-order valence-electron chi connectivity index (χ0n) is 6.33. The lowest BCUT2D eigenvalue weighted by Gasteiger charge is -2.03. The molecule has 2 nitrogen and oxygen atoms in total. The highest BCUT2D eigenvalue weighted by atomic mass is 32.2. The van der Waals surface area contributed by atoms with E-state index in [4.69, 9.17) is 0 Å². The molecule has 0 bridgehead atoms. The van der Waals surface area contributed by atoms with Crippen molar-refractivity contribution in [1.82, 2.24) is 4.98 Å². The second kappa shape index (κ2) is 4.25. The van der Waals surface area contributed by atoms with Gasteiger partial charge in [-0.2, -0.15) is 8.78 Å². The summed E-state index contributed by atoms with van der Waals surface area (Å²) in [5.41, 5.74) is 0. The smallest absolute Gasteiger partial charge is 0.388 e. The van der Waals surface area contributed by atoms with Gasteiger partial charge in [-0.05, 0) is 12.3 Å². The molecule has 1 aromatic rings. The number of pyridine rings is 1. The van der Waals surface area contributed by atoms with E-state index in [0.29, 0.717) is 5.03 Å². The van der Waals surface area contributed by atoms with Gasteiger partial charge in [-0.15, -0.1) is 11.8 Å². The molecule has 1 rings (SSSR count). The summed E-state index contributed by atoms with van der Waals surface area (Å²) in [4.78, 5) is 3.79. The van der Waals surface area contributed by atoms with Gasteiger partial charge < -0.3 is 4.74 Å². The molecule has 0 aromatic carbocycles. The van der Waals surface area contributed by atoms with E-state index in [9.17, 15) is 8.78 Å². The van der Waals surface area contributed by atoms with Crippen LogP contribution in [0.25, 0.3) is 0 Å². The standard InChI is InChI=1S/C7H7F2NOS/c1-12-6-4-2-3-5(10-6)11-7(8)9/h2-4,7H,1H3. The van der Waals surface area contributed by atoms with Gasteiger partial charge in [-0.25, -0.2) is 4.98 Å². The maximum Gasteiger partial charge on any atom is 0.388 e. The minimum Gasteiger partial charge on any atom is -0.417 e. The van der Waals surface area contributed by atoms with Crippen LogP contribution in [-0.2, 0) is 0 Å². The van der Waals surface area contributed by atoms with Crippen LogP contribution < -0.4 is 4.74 Å². The van der Waals surface area contributed by atoms with Gasteiger partial charge in [-0.1, -0.05) is 6.07 Å². The fraction of sp³-hybridized carbons (Fsp3) is 0.286. The van der Waals surface area contributed by atoms with Crippen LogP contribution >= 0.6 is 11.8 Å². The lowest BCUT2D eigenvalue weighted by atomic mass is 10.5. The van der Waals surface area contributed by atoms with Crippen molar-refractivity contribution in [2.75, 3.05) is 6.26 Å². The number of nitrogens with zero attached hydrogens (tertiary/aromatic N) is 1. The summed E-state index contributed by atoms with van der Waals surface area (Å²) in [5, 5.41) is 0.660. The maximum absolute atomic E-state index is 11.7. The largest absolute Gasteiger partial charge is 0.417 e. The Bertz CT molecular complexity index is 257. The normalized spacial score (nSPS) is 10.3. The summed E-state index contributed by atoms with van der Waals surface area (Å²) in [6.45, 7) is -2.81. The van der Waals surface area contributed by atoms with Crippen LogP contribution in [0.4, 0.5) is 8.78 Å². The number of hydrogen-bond acceptors (Lipinski definition) is 3. The van der Waals surface area contributed by atoms with E-state index in [1.165, 1.54) is 17.8 Å². The van der Waals surface area contributed by atoms with Gasteiger partial charge in [0.1, 0.15) is 0 Å². The van der Waals surface area contributed by atoms with E-state index in [1.807, 2.05) is 6.26 Å². The highest BCUT2D eigenvalue weighted by molar-refractivity contribution is 7.98. The third kappa shape index (κ3) is 2.65. The Labute approximate surface area is 72.9 Å². The average molecular weight is 191 g/mol. The number of alkyl halides is 2. The SMILES string of the molecule is CSc1cccc(OC(F)F)n1. The Morgan fingerprint density at radius 1 is 1.50 bits per heavy atom. The number of thioether (sulfide) groups is 1. The molecule has 0 radical (unpaired) electrons. The summed E-state index contributed by atoms with van der Waals surface area (Å²) in [6, 6.07) is 4.74. The number of aromatic nitrogens is 1. The van der Waals surface area contributed by atoms with Crippen molar-refractivity contribution in [1.29, 1.82) is 0 Å². The van der Waals surface area contributed by atoms with Crippen molar-refractivity contribution >= 4 is 11.8 Å². The van der Waals surface area contributed by atoms with Crippen molar-refractivity contribution in [3.05, 3.63) is 18.2 Å². The zero-order valence-corrected chi connectivity index (χ0v) is 7.15. The predicted octanol–water partition coefficient (Wildman–Crippen LogP) is 2.40. The quantitative estimate of drug-likeness (QED) is 0.685. The fourth-order valence-electron chi connectivity index (χ4n) is 0.666. The van der Waals surface area contributed by atoms with E-state index < -0.39 is 6.61 Å². The molecule has 0 spiro atoms. The number of hydrogen-bond donors (Lipinski definition) is 0. The second-order valence-corrected chi connectivity index (χ2v) is 2.72. The Hall–Kier alpha value is -0.840. The lowest BCUT2D eigenvalue weighted by Crippen LogP contribution is -2.03. The molecular formula is C7H7F2NOS. The van der Waals surface area contributed by atoms with E-state index in [2.05, 4.69) is 9.72 Å². The molecular weight excluding hydrogens is 184 g/mol. The highest BCUT2D eigenvalue weighted by Gasteiger charge is 2.04. The number of halogens is 2. The van der Waals surface area contributed by atoms with Crippen molar-refractivity contribution in [3.63, 3.8) is 0 Å². The van der Waals surface area contributed by atoms with Gasteiger partial charge in [0.25, 0.3) is 0 Å². The Balaban J connectivity index is 2.72. The van der Waals surface area contributed by atoms with Crippen LogP contribution in [-0.4, -0.2) is 17.9 Å². The summed E-state index contributed by atoms with van der Waals surface area (Å²) in [5.74, 6) is -0.0446. The van der Waals surface area contributed by atoms with Crippen LogP contribution in [0.1, 0.15) is 0 Å². The molecule has 0 fully saturated rings. The molecule has 0 aliphatic carbocycles. The molecule has 66 valence electrons. The molecule has 0 aliphatic heterocycles. The van der Waals surface area contributed by atoms with Crippen molar-refractivity contribution in [2.45, 2.75) is 11.6 Å². The average Bonchev–Trinajstić information content (AvgIpc) is 2.03. The Morgan fingerprint density at radius 3 is 2.83 bits per heavy atom. The molecule has 5 heteroatoms. The number of rotatable bonds is 3. The van der Waals surface area contributed by atoms with E-state index in [1.54, 1.807) is 12.1 Å². The highest BCUT2D eigenvalue weighted by Crippen LogP contribution is 2.16. The first kappa shape index (κ1) is 9.25. The fourth-order valence-corrected chi connectivity index (χ4v) is 1.06. The van der Waals surface area contributed by atoms with E-state index >= 15 is 0 Å². The van der Waals surface area contributed by atoms with Crippen molar-refractivity contribution < 1.29 is 13.5 Å². The van der Waals surface area contributed by atoms with Gasteiger partial charge in [-0.3, -0.25) is 0 Å². The summed E-state index contributed by atoms with van der Waals surface area (Å²) < 4.78 is 27.5. The molecule has 0 saturated carbocycles. The van der Waals surface area contributed by atoms with Crippen molar-refractivity contribution in [3.8, 4) is 5.88 Å². The first-order valence-electron chi connectivity index (χ1n) is 3.18. The van der Waals surface area contributed by atoms with Crippen LogP contribution in [0.5, 0.6) is 5.88 Å². The Morgan fingerprint density at radius 2 is 2.25 bits per heavy atom. The van der Waals surface area contributed by atoms with E-state index in [0.717, 1.165) is 0 Å². The molecule has 0 unspecified atom stereocenters. The summed E-state index contributed by atoms with van der Waals surface area (Å²) in [6.07, 6.45) is 1.81. The van der Waals surface area contributed by atoms with Gasteiger partial charge in [0, 0.05) is 6.07 Å². The van der Waals surface area contributed by atoms with Crippen LogP contribution in [0, 0.1) is 0 Å². The molecule has 1 heterocycles. The molecule has 0 N–H and O–H groups in total. The molecule has 0 aliphatic rings. The first-order chi connectivity index (χ1) is 5.72. The first-order valence-corrected chi connectivity index (χ1v) is 4.40. The van der Waals surface area contributed by atoms with Crippen LogP contribution in [0.2, 0.25) is 0 Å². The lowest BCUT2D eigenvalue weighted by molar-refractivity contribution is -0.0531. The molecule has 0 atom stereocenters. The Kier molecular flexibility index (Phi) is 3.28. The molecule has 12 heavy (non-hydrogen) atoms. The molecule has 0 saturated heterocycles. The van der Waals surface area contributed by atoms with Gasteiger partial charge in [0.2, 0.25) is 5.88 Å². The minimum atomic E-state index is -2.81. The van der Waals surface area contributed by atoms with Crippen LogP contribution in [0.15, 0.2) is 23.2 Å². The van der Waals surface area contributed by atoms with E-state index in [-0.39, 0.29) is 5.88 Å². The summed E-state index contributed by atoms with van der Waals surface area (Å²) >= 11 is 1.37. The topological polar surface area (TPSA) is 22.1 Å². The minimum absolute atomic E-state index is 0.0446. The van der Waals surface area contributed by atoms with Crippen LogP contribution in [0.3, 0.4) is 0 Å². The number of ether oxygens (including phenoxy) is 1. The molecule has 0 amide bonds. The third-order valence-electron chi connectivity index (χ3n) is 1.12. The van der Waals surface area contributed by atoms with Crippen molar-refractivity contribution in [2.24, 2.45) is 0 Å².